The Balaban J connectivity index is 1.63. The fraction of sp³-hybridized carbons (Fsp3) is 0.364. The number of ether oxygens (including phenoxy) is 3. The molecule has 0 bridgehead atoms. The number of amides is 1. The van der Waals surface area contributed by atoms with E-state index in [0.29, 0.717) is 35.3 Å². The number of carbonyl (C=O) groups excluding carboxylic acids is 2. The highest BCUT2D eigenvalue weighted by Crippen LogP contribution is 2.34. The van der Waals surface area contributed by atoms with Gasteiger partial charge in [0.1, 0.15) is 0 Å². The van der Waals surface area contributed by atoms with Crippen molar-refractivity contribution in [3.05, 3.63) is 58.6 Å². The molecule has 1 atom stereocenters. The number of benzene rings is 2. The number of esters is 1. The monoisotopic (exact) mass is 417 g/mol. The van der Waals surface area contributed by atoms with Crippen molar-refractivity contribution in [2.75, 3.05) is 19.8 Å². The molecule has 1 heterocycles. The van der Waals surface area contributed by atoms with Crippen LogP contribution >= 0.6 is 11.6 Å². The Morgan fingerprint density at radius 1 is 1.07 bits per heavy atom. The van der Waals surface area contributed by atoms with Gasteiger partial charge in [-0.2, -0.15) is 0 Å². The lowest BCUT2D eigenvalue weighted by molar-refractivity contribution is -0.125. The Morgan fingerprint density at radius 3 is 2.45 bits per heavy atom. The van der Waals surface area contributed by atoms with Gasteiger partial charge in [0.15, 0.2) is 18.1 Å². The number of rotatable bonds is 6. The SMILES string of the molecule is CC(C)[C@@H](NC(=O)COC(=O)c1ccc(Cl)cc1)c1ccc2c(c1)OCCCO2. The van der Waals surface area contributed by atoms with Gasteiger partial charge in [0.05, 0.1) is 24.8 Å². The van der Waals surface area contributed by atoms with Crippen LogP contribution in [0.3, 0.4) is 0 Å². The van der Waals surface area contributed by atoms with Crippen LogP contribution in [0.5, 0.6) is 11.5 Å². The topological polar surface area (TPSA) is 73.9 Å². The second-order valence-electron chi connectivity index (χ2n) is 7.13. The van der Waals surface area contributed by atoms with E-state index in [2.05, 4.69) is 5.32 Å². The second kappa shape index (κ2) is 9.65. The molecular weight excluding hydrogens is 394 g/mol. The summed E-state index contributed by atoms with van der Waals surface area (Å²) in [6, 6.07) is 11.7. The number of hydrogen-bond acceptors (Lipinski definition) is 5. The molecule has 0 saturated heterocycles. The normalized spacial score (nSPS) is 14.1. The first-order valence-electron chi connectivity index (χ1n) is 9.55. The molecular formula is C22H24ClNO5. The second-order valence-corrected chi connectivity index (χ2v) is 7.57. The van der Waals surface area contributed by atoms with Crippen LogP contribution in [0.1, 0.15) is 42.2 Å². The van der Waals surface area contributed by atoms with Crippen molar-refractivity contribution >= 4 is 23.5 Å². The highest BCUT2D eigenvalue weighted by Gasteiger charge is 2.22. The van der Waals surface area contributed by atoms with Crippen LogP contribution in [-0.4, -0.2) is 31.7 Å². The Morgan fingerprint density at radius 2 is 1.76 bits per heavy atom. The maximum atomic E-state index is 12.4. The number of nitrogens with one attached hydrogen (secondary N) is 1. The lowest BCUT2D eigenvalue weighted by atomic mass is 9.95. The molecule has 0 aromatic heterocycles. The van der Waals surface area contributed by atoms with Gasteiger partial charge in [-0.1, -0.05) is 31.5 Å². The minimum absolute atomic E-state index is 0.121. The molecule has 0 aliphatic carbocycles. The zero-order valence-corrected chi connectivity index (χ0v) is 17.2. The van der Waals surface area contributed by atoms with E-state index in [9.17, 15) is 9.59 Å². The van der Waals surface area contributed by atoms with Crippen molar-refractivity contribution in [3.63, 3.8) is 0 Å². The van der Waals surface area contributed by atoms with E-state index in [1.165, 1.54) is 0 Å². The standard InChI is InChI=1S/C22H24ClNO5/c1-14(2)21(16-6-9-18-19(12-16)28-11-3-10-27-18)24-20(25)13-29-22(26)15-4-7-17(23)8-5-15/h4-9,12,14,21H,3,10-11,13H2,1-2H3,(H,24,25)/t21-/m1/s1. The van der Waals surface area contributed by atoms with Gasteiger partial charge >= 0.3 is 5.97 Å². The highest BCUT2D eigenvalue weighted by molar-refractivity contribution is 6.30. The first-order valence-corrected chi connectivity index (χ1v) is 9.93. The van der Waals surface area contributed by atoms with Crippen LogP contribution in [0.15, 0.2) is 42.5 Å². The fourth-order valence-corrected chi connectivity index (χ4v) is 3.15. The van der Waals surface area contributed by atoms with Crippen molar-refractivity contribution in [1.82, 2.24) is 5.32 Å². The molecule has 2 aromatic rings. The zero-order chi connectivity index (χ0) is 20.8. The Labute approximate surface area is 175 Å². The van der Waals surface area contributed by atoms with Crippen molar-refractivity contribution < 1.29 is 23.8 Å². The van der Waals surface area contributed by atoms with Gasteiger partial charge in [0.2, 0.25) is 0 Å². The van der Waals surface area contributed by atoms with Gasteiger partial charge in [-0.3, -0.25) is 4.79 Å². The number of hydrogen-bond donors (Lipinski definition) is 1. The summed E-state index contributed by atoms with van der Waals surface area (Å²) in [6.45, 7) is 4.86. The molecule has 29 heavy (non-hydrogen) atoms. The minimum atomic E-state index is -0.575. The molecule has 2 aromatic carbocycles. The van der Waals surface area contributed by atoms with Crippen LogP contribution in [0.2, 0.25) is 5.02 Å². The van der Waals surface area contributed by atoms with Crippen LogP contribution in [0, 0.1) is 5.92 Å². The third kappa shape index (κ3) is 5.64. The predicted molar refractivity (Wildman–Crippen MR) is 110 cm³/mol. The maximum absolute atomic E-state index is 12.4. The summed E-state index contributed by atoms with van der Waals surface area (Å²) in [5, 5.41) is 3.46. The third-order valence-electron chi connectivity index (χ3n) is 4.53. The summed E-state index contributed by atoms with van der Waals surface area (Å²) >= 11 is 5.81. The summed E-state index contributed by atoms with van der Waals surface area (Å²) < 4.78 is 16.5. The molecule has 6 nitrogen and oxygen atoms in total. The third-order valence-corrected chi connectivity index (χ3v) is 4.78. The van der Waals surface area contributed by atoms with Crippen molar-refractivity contribution in [1.29, 1.82) is 0 Å². The quantitative estimate of drug-likeness (QED) is 0.714. The molecule has 3 rings (SSSR count). The van der Waals surface area contributed by atoms with E-state index in [1.54, 1.807) is 24.3 Å². The van der Waals surface area contributed by atoms with E-state index in [-0.39, 0.29) is 24.5 Å². The van der Waals surface area contributed by atoms with Gasteiger partial charge in [0.25, 0.3) is 5.91 Å². The van der Waals surface area contributed by atoms with Crippen molar-refractivity contribution in [2.45, 2.75) is 26.3 Å². The average Bonchev–Trinajstić information content (AvgIpc) is 2.95. The lowest BCUT2D eigenvalue weighted by Gasteiger charge is -2.23. The largest absolute Gasteiger partial charge is 0.490 e. The van der Waals surface area contributed by atoms with E-state index in [4.69, 9.17) is 25.8 Å². The Bertz CT molecular complexity index is 866. The molecule has 154 valence electrons. The molecule has 0 unspecified atom stereocenters. The summed E-state index contributed by atoms with van der Waals surface area (Å²) in [6.07, 6.45) is 0.827. The van der Waals surface area contributed by atoms with Crippen molar-refractivity contribution in [2.24, 2.45) is 5.92 Å². The summed E-state index contributed by atoms with van der Waals surface area (Å²) in [4.78, 5) is 24.5. The van der Waals surface area contributed by atoms with Crippen molar-refractivity contribution in [3.8, 4) is 11.5 Å². The minimum Gasteiger partial charge on any atom is -0.490 e. The molecule has 1 amide bonds. The van der Waals surface area contributed by atoms with Crippen LogP contribution in [0.25, 0.3) is 0 Å². The van der Waals surface area contributed by atoms with E-state index >= 15 is 0 Å². The molecule has 7 heteroatoms. The molecule has 1 N–H and O–H groups in total. The van der Waals surface area contributed by atoms with Gasteiger partial charge < -0.3 is 19.5 Å². The lowest BCUT2D eigenvalue weighted by Crippen LogP contribution is -2.35. The maximum Gasteiger partial charge on any atom is 0.338 e. The predicted octanol–water partition coefficient (Wildman–Crippen LogP) is 4.17. The fourth-order valence-electron chi connectivity index (χ4n) is 3.02. The Kier molecular flexibility index (Phi) is 6.99. The summed E-state index contributed by atoms with van der Waals surface area (Å²) in [5.74, 6) is 0.549. The van der Waals surface area contributed by atoms with E-state index in [1.807, 2.05) is 32.0 Å². The zero-order valence-electron chi connectivity index (χ0n) is 16.4. The highest BCUT2D eigenvalue weighted by atomic mass is 35.5. The molecule has 1 aliphatic rings. The van der Waals surface area contributed by atoms with Gasteiger partial charge in [0, 0.05) is 11.4 Å². The summed E-state index contributed by atoms with van der Waals surface area (Å²) in [7, 11) is 0. The first kappa shape index (κ1) is 21.0. The molecule has 0 saturated carbocycles. The average molecular weight is 418 g/mol. The molecule has 0 spiro atoms. The van der Waals surface area contributed by atoms with Gasteiger partial charge in [-0.25, -0.2) is 4.79 Å². The first-order chi connectivity index (χ1) is 13.9. The smallest absolute Gasteiger partial charge is 0.338 e. The number of carbonyl (C=O) groups is 2. The molecule has 0 fully saturated rings. The Hall–Kier alpha value is -2.73. The van der Waals surface area contributed by atoms with Gasteiger partial charge in [-0.15, -0.1) is 0 Å². The van der Waals surface area contributed by atoms with E-state index in [0.717, 1.165) is 12.0 Å². The van der Waals surface area contributed by atoms with Crippen LogP contribution in [-0.2, 0) is 9.53 Å². The van der Waals surface area contributed by atoms with Crippen LogP contribution in [0.4, 0.5) is 0 Å². The van der Waals surface area contributed by atoms with Crippen LogP contribution < -0.4 is 14.8 Å². The molecule has 0 radical (unpaired) electrons. The van der Waals surface area contributed by atoms with E-state index < -0.39 is 5.97 Å². The van der Waals surface area contributed by atoms with Gasteiger partial charge in [-0.05, 0) is 47.9 Å². The number of fused-ring (bicyclic) bond motifs is 1. The number of halogens is 1. The molecule has 1 aliphatic heterocycles. The summed E-state index contributed by atoms with van der Waals surface area (Å²) in [5.41, 5.74) is 1.24.